The molecule has 0 saturated carbocycles. The van der Waals surface area contributed by atoms with Gasteiger partial charge in [0, 0.05) is 35.6 Å². The monoisotopic (exact) mass is 334 g/mol. The van der Waals surface area contributed by atoms with Gasteiger partial charge in [0.2, 0.25) is 0 Å². The predicted octanol–water partition coefficient (Wildman–Crippen LogP) is 3.64. The molecule has 1 N–H and O–H groups in total. The molecule has 2 saturated heterocycles. The Balaban J connectivity index is 1.52. The van der Waals surface area contributed by atoms with Crippen molar-refractivity contribution < 1.29 is 9.53 Å². The van der Waals surface area contributed by atoms with Crippen LogP contribution < -0.4 is 5.32 Å². The largest absolute Gasteiger partial charge is 0.444 e. The third-order valence-electron chi connectivity index (χ3n) is 5.37. The fraction of sp³-hybridized carbons (Fsp3) is 0.611. The number of carbonyl (C=O) groups is 1. The number of nitrogens with one attached hydrogen (secondary N) is 1. The van der Waals surface area contributed by atoms with Gasteiger partial charge in [0.15, 0.2) is 0 Å². The number of hydrogen-bond acceptors (Lipinski definition) is 3. The molecule has 2 heterocycles. The van der Waals surface area contributed by atoms with Gasteiger partial charge >= 0.3 is 6.09 Å². The molecule has 5 heteroatoms. The van der Waals surface area contributed by atoms with Crippen molar-refractivity contribution >= 4 is 17.7 Å². The maximum absolute atomic E-state index is 12.3. The topological polar surface area (TPSA) is 51.5 Å². The van der Waals surface area contributed by atoms with Crippen LogP contribution in [-0.4, -0.2) is 35.7 Å². The van der Waals surface area contributed by atoms with Gasteiger partial charge < -0.3 is 15.0 Å². The minimum Gasteiger partial charge on any atom is -0.444 e. The van der Waals surface area contributed by atoms with E-state index in [2.05, 4.69) is 17.4 Å². The van der Waals surface area contributed by atoms with Gasteiger partial charge in [-0.1, -0.05) is 17.7 Å². The molecule has 4 rings (SSSR count). The summed E-state index contributed by atoms with van der Waals surface area (Å²) in [5.74, 6) is 0. The molecule has 2 atom stereocenters. The molecule has 1 spiro atoms. The van der Waals surface area contributed by atoms with E-state index in [1.54, 1.807) is 0 Å². The third kappa shape index (κ3) is 2.43. The molecule has 0 aromatic heterocycles. The van der Waals surface area contributed by atoms with Crippen LogP contribution in [0.5, 0.6) is 0 Å². The zero-order valence-corrected chi connectivity index (χ0v) is 14.6. The molecule has 1 aromatic carbocycles. The van der Waals surface area contributed by atoms with Crippen LogP contribution in [0, 0.1) is 0 Å². The lowest BCUT2D eigenvalue weighted by Gasteiger charge is -2.41. The lowest BCUT2D eigenvalue weighted by atomic mass is 9.72. The smallest absolute Gasteiger partial charge is 0.410 e. The first-order valence-electron chi connectivity index (χ1n) is 8.34. The van der Waals surface area contributed by atoms with E-state index in [4.69, 9.17) is 16.3 Å². The van der Waals surface area contributed by atoms with Crippen LogP contribution in [0.3, 0.4) is 0 Å². The third-order valence-corrected chi connectivity index (χ3v) is 5.61. The highest BCUT2D eigenvalue weighted by molar-refractivity contribution is 6.30. The van der Waals surface area contributed by atoms with E-state index >= 15 is 0 Å². The van der Waals surface area contributed by atoms with Crippen LogP contribution in [-0.2, 0) is 10.2 Å². The summed E-state index contributed by atoms with van der Waals surface area (Å²) in [4.78, 5) is 14.1. The maximum Gasteiger partial charge on any atom is 0.410 e. The quantitative estimate of drug-likeness (QED) is 0.737. The standard InChI is InChI=1S/C18H23ClN2O2/c1-17(2,3)23-16(22)21-8-6-18(7-9-21)13-5-4-11(19)10-12(13)14-15(18)20-14/h4-5,10,14-15,20H,6-9H2,1-3H3/t14-,15-/m1/s1. The van der Waals surface area contributed by atoms with Gasteiger partial charge in [-0.2, -0.15) is 0 Å². The molecule has 0 unspecified atom stereocenters. The average molecular weight is 335 g/mol. The second kappa shape index (κ2) is 4.87. The molecule has 4 nitrogen and oxygen atoms in total. The molecular weight excluding hydrogens is 312 g/mol. The van der Waals surface area contributed by atoms with Crippen molar-refractivity contribution in [3.8, 4) is 0 Å². The minimum absolute atomic E-state index is 0.156. The van der Waals surface area contributed by atoms with Crippen LogP contribution in [0.2, 0.25) is 5.02 Å². The maximum atomic E-state index is 12.3. The van der Waals surface area contributed by atoms with Gasteiger partial charge in [-0.05, 0) is 56.9 Å². The number of piperidine rings is 1. The van der Waals surface area contributed by atoms with E-state index < -0.39 is 5.60 Å². The normalized spacial score (nSPS) is 27.6. The first-order chi connectivity index (χ1) is 10.8. The zero-order valence-electron chi connectivity index (χ0n) is 13.9. The Hall–Kier alpha value is -1.26. The summed E-state index contributed by atoms with van der Waals surface area (Å²) in [6.45, 7) is 7.23. The fourth-order valence-corrected chi connectivity index (χ4v) is 4.47. The summed E-state index contributed by atoms with van der Waals surface area (Å²) in [6.07, 6.45) is 1.77. The van der Waals surface area contributed by atoms with E-state index in [1.165, 1.54) is 11.1 Å². The molecule has 1 aliphatic carbocycles. The summed E-state index contributed by atoms with van der Waals surface area (Å²) < 4.78 is 5.50. The second-order valence-corrected chi connectivity index (χ2v) is 8.41. The Morgan fingerprint density at radius 2 is 2.04 bits per heavy atom. The molecule has 0 radical (unpaired) electrons. The van der Waals surface area contributed by atoms with Crippen molar-refractivity contribution in [2.75, 3.05) is 13.1 Å². The Morgan fingerprint density at radius 3 is 2.70 bits per heavy atom. The molecule has 2 aliphatic heterocycles. The highest BCUT2D eigenvalue weighted by atomic mass is 35.5. The highest BCUT2D eigenvalue weighted by Gasteiger charge is 2.61. The number of nitrogens with zero attached hydrogens (tertiary/aromatic N) is 1. The number of carbonyl (C=O) groups excluding carboxylic acids is 1. The lowest BCUT2D eigenvalue weighted by molar-refractivity contribution is 0.0164. The van der Waals surface area contributed by atoms with Gasteiger partial charge in [0.05, 0.1) is 0 Å². The number of hydrogen-bond donors (Lipinski definition) is 1. The number of likely N-dealkylation sites (tertiary alicyclic amines) is 1. The van der Waals surface area contributed by atoms with E-state index in [-0.39, 0.29) is 11.5 Å². The molecule has 0 bridgehead atoms. The van der Waals surface area contributed by atoms with Gasteiger partial charge in [-0.25, -0.2) is 4.79 Å². The Morgan fingerprint density at radius 1 is 1.35 bits per heavy atom. The van der Waals surface area contributed by atoms with Crippen LogP contribution >= 0.6 is 11.6 Å². The van der Waals surface area contributed by atoms with Crippen LogP contribution in [0.1, 0.15) is 50.8 Å². The number of benzene rings is 1. The summed E-state index contributed by atoms with van der Waals surface area (Å²) >= 11 is 6.16. The molecule has 3 aliphatic rings. The molecular formula is C18H23ClN2O2. The second-order valence-electron chi connectivity index (χ2n) is 7.98. The summed E-state index contributed by atoms with van der Waals surface area (Å²) in [5, 5.41) is 4.41. The fourth-order valence-electron chi connectivity index (χ4n) is 4.29. The van der Waals surface area contributed by atoms with Crippen molar-refractivity contribution in [2.24, 2.45) is 0 Å². The van der Waals surface area contributed by atoms with Crippen molar-refractivity contribution in [1.82, 2.24) is 10.2 Å². The Kier molecular flexibility index (Phi) is 3.23. The summed E-state index contributed by atoms with van der Waals surface area (Å²) in [6, 6.07) is 7.25. The van der Waals surface area contributed by atoms with E-state index in [9.17, 15) is 4.79 Å². The van der Waals surface area contributed by atoms with Gasteiger partial charge in [0.25, 0.3) is 0 Å². The summed E-state index contributed by atoms with van der Waals surface area (Å²) in [7, 11) is 0. The number of ether oxygens (including phenoxy) is 1. The highest BCUT2D eigenvalue weighted by Crippen LogP contribution is 2.58. The zero-order chi connectivity index (χ0) is 16.4. The molecule has 124 valence electrons. The number of rotatable bonds is 0. The van der Waals surface area contributed by atoms with E-state index in [1.807, 2.05) is 31.7 Å². The Bertz CT molecular complexity index is 659. The van der Waals surface area contributed by atoms with E-state index in [0.717, 1.165) is 31.0 Å². The molecule has 1 amide bonds. The lowest BCUT2D eigenvalue weighted by Crippen LogP contribution is -2.48. The first-order valence-corrected chi connectivity index (χ1v) is 8.72. The van der Waals surface area contributed by atoms with Crippen molar-refractivity contribution in [2.45, 2.75) is 56.7 Å². The van der Waals surface area contributed by atoms with Crippen LogP contribution in [0.25, 0.3) is 0 Å². The number of amides is 1. The summed E-state index contributed by atoms with van der Waals surface area (Å²) in [5.41, 5.74) is 2.50. The Labute approximate surface area is 142 Å². The molecule has 2 fully saturated rings. The van der Waals surface area contributed by atoms with Crippen molar-refractivity contribution in [3.63, 3.8) is 0 Å². The van der Waals surface area contributed by atoms with E-state index in [0.29, 0.717) is 12.1 Å². The van der Waals surface area contributed by atoms with Gasteiger partial charge in [0.1, 0.15) is 5.60 Å². The van der Waals surface area contributed by atoms with Crippen molar-refractivity contribution in [1.29, 1.82) is 0 Å². The number of halogens is 1. The van der Waals surface area contributed by atoms with Crippen molar-refractivity contribution in [3.05, 3.63) is 34.3 Å². The molecule has 1 aromatic rings. The number of fused-ring (bicyclic) bond motifs is 5. The molecule has 23 heavy (non-hydrogen) atoms. The average Bonchev–Trinajstić information content (AvgIpc) is 3.22. The predicted molar refractivity (Wildman–Crippen MR) is 89.8 cm³/mol. The van der Waals surface area contributed by atoms with Crippen LogP contribution in [0.4, 0.5) is 4.79 Å². The van der Waals surface area contributed by atoms with Crippen LogP contribution in [0.15, 0.2) is 18.2 Å². The minimum atomic E-state index is -0.438. The first kappa shape index (κ1) is 15.3. The van der Waals surface area contributed by atoms with Gasteiger partial charge in [-0.15, -0.1) is 0 Å². The van der Waals surface area contributed by atoms with Gasteiger partial charge in [-0.3, -0.25) is 0 Å². The SMILES string of the molecule is CC(C)(C)OC(=O)N1CCC2(CC1)c1ccc(Cl)cc1[C@H]1N[C@H]12.